The Morgan fingerprint density at radius 1 is 1.65 bits per heavy atom. The minimum Gasteiger partial charge on any atom is -0.356 e. The monoisotopic (exact) mass is 297 g/mol. The maximum atomic E-state index is 12.2. The van der Waals surface area contributed by atoms with E-state index in [0.29, 0.717) is 31.1 Å². The van der Waals surface area contributed by atoms with E-state index < -0.39 is 0 Å². The molecule has 0 aliphatic heterocycles. The highest BCUT2D eigenvalue weighted by molar-refractivity contribution is 9.10. The summed E-state index contributed by atoms with van der Waals surface area (Å²) in [7, 11) is 0. The fraction of sp³-hybridized carbons (Fsp3) is 0.500. The number of aromatic amines is 1. The van der Waals surface area contributed by atoms with E-state index in [0.717, 1.165) is 4.47 Å². The Morgan fingerprint density at radius 2 is 2.35 bits per heavy atom. The molecule has 0 fully saturated rings. The van der Waals surface area contributed by atoms with Gasteiger partial charge in [-0.2, -0.15) is 5.26 Å². The molecule has 4 nitrogen and oxygen atoms in total. The number of rotatable bonds is 5. The van der Waals surface area contributed by atoms with Crippen molar-refractivity contribution < 1.29 is 4.79 Å². The van der Waals surface area contributed by atoms with Crippen molar-refractivity contribution in [1.82, 2.24) is 9.88 Å². The Kier molecular flexibility index (Phi) is 5.23. The first-order chi connectivity index (χ1) is 8.04. The molecule has 17 heavy (non-hydrogen) atoms. The van der Waals surface area contributed by atoms with Crippen LogP contribution < -0.4 is 0 Å². The number of H-pyrrole nitrogens is 1. The van der Waals surface area contributed by atoms with Crippen LogP contribution in [0.15, 0.2) is 16.7 Å². The van der Waals surface area contributed by atoms with Crippen molar-refractivity contribution in [2.45, 2.75) is 20.3 Å². The summed E-state index contributed by atoms with van der Waals surface area (Å²) in [5, 5.41) is 8.60. The van der Waals surface area contributed by atoms with Gasteiger partial charge in [0.2, 0.25) is 0 Å². The van der Waals surface area contributed by atoms with E-state index in [1.165, 1.54) is 0 Å². The average molecular weight is 298 g/mol. The van der Waals surface area contributed by atoms with Crippen molar-refractivity contribution in [1.29, 1.82) is 5.26 Å². The van der Waals surface area contributed by atoms with Crippen molar-refractivity contribution in [3.63, 3.8) is 0 Å². The van der Waals surface area contributed by atoms with Gasteiger partial charge in [0.1, 0.15) is 5.69 Å². The smallest absolute Gasteiger partial charge is 0.270 e. The van der Waals surface area contributed by atoms with Crippen molar-refractivity contribution in [2.24, 2.45) is 5.92 Å². The number of hydrogen-bond donors (Lipinski definition) is 1. The highest BCUT2D eigenvalue weighted by Gasteiger charge is 2.17. The lowest BCUT2D eigenvalue weighted by Crippen LogP contribution is -2.35. The number of halogens is 1. The van der Waals surface area contributed by atoms with Gasteiger partial charge in [-0.25, -0.2) is 0 Å². The van der Waals surface area contributed by atoms with Gasteiger partial charge in [0.15, 0.2) is 0 Å². The van der Waals surface area contributed by atoms with Crippen LogP contribution in [0.2, 0.25) is 0 Å². The Morgan fingerprint density at radius 3 is 2.82 bits per heavy atom. The van der Waals surface area contributed by atoms with Crippen LogP contribution in [-0.2, 0) is 0 Å². The van der Waals surface area contributed by atoms with Gasteiger partial charge in [0.25, 0.3) is 5.91 Å². The third-order valence-corrected chi connectivity index (χ3v) is 2.70. The number of carbonyl (C=O) groups is 1. The van der Waals surface area contributed by atoms with Gasteiger partial charge in [0, 0.05) is 23.8 Å². The van der Waals surface area contributed by atoms with Gasteiger partial charge >= 0.3 is 0 Å². The summed E-state index contributed by atoms with van der Waals surface area (Å²) >= 11 is 3.30. The minimum atomic E-state index is -0.0559. The second-order valence-electron chi connectivity index (χ2n) is 4.28. The minimum absolute atomic E-state index is 0.0559. The number of hydrogen-bond acceptors (Lipinski definition) is 2. The Balaban J connectivity index is 2.75. The SMILES string of the molecule is CC(C)CN(CCC#N)C(=O)c1cc(Br)c[nH]1. The quantitative estimate of drug-likeness (QED) is 0.908. The molecular formula is C12H16BrN3O. The van der Waals surface area contributed by atoms with Gasteiger partial charge in [-0.15, -0.1) is 0 Å². The fourth-order valence-electron chi connectivity index (χ4n) is 1.56. The molecule has 0 radical (unpaired) electrons. The molecule has 92 valence electrons. The second kappa shape index (κ2) is 6.45. The van der Waals surface area contributed by atoms with Crippen molar-refractivity contribution >= 4 is 21.8 Å². The standard InChI is InChI=1S/C12H16BrN3O/c1-9(2)8-16(5-3-4-14)12(17)11-6-10(13)7-15-11/h6-7,9,15H,3,5,8H2,1-2H3. The van der Waals surface area contributed by atoms with Crippen LogP contribution in [-0.4, -0.2) is 28.9 Å². The third kappa shape index (κ3) is 4.23. The zero-order chi connectivity index (χ0) is 12.8. The predicted molar refractivity (Wildman–Crippen MR) is 69.5 cm³/mol. The zero-order valence-corrected chi connectivity index (χ0v) is 11.6. The summed E-state index contributed by atoms with van der Waals surface area (Å²) in [5.41, 5.74) is 0.551. The van der Waals surface area contributed by atoms with Crippen LogP contribution in [0.3, 0.4) is 0 Å². The van der Waals surface area contributed by atoms with Crippen LogP contribution in [0.4, 0.5) is 0 Å². The van der Waals surface area contributed by atoms with E-state index in [-0.39, 0.29) is 5.91 Å². The van der Waals surface area contributed by atoms with Crippen LogP contribution in [0, 0.1) is 17.2 Å². The molecular weight excluding hydrogens is 282 g/mol. The lowest BCUT2D eigenvalue weighted by molar-refractivity contribution is 0.0734. The fourth-order valence-corrected chi connectivity index (χ4v) is 1.91. The molecule has 0 spiro atoms. The molecule has 1 N–H and O–H groups in total. The molecule has 1 aromatic heterocycles. The second-order valence-corrected chi connectivity index (χ2v) is 5.20. The first-order valence-corrected chi connectivity index (χ1v) is 6.34. The van der Waals surface area contributed by atoms with E-state index in [2.05, 4.69) is 40.8 Å². The Labute approximate surface area is 110 Å². The number of amides is 1. The molecule has 1 aromatic rings. The highest BCUT2D eigenvalue weighted by Crippen LogP contribution is 2.13. The lowest BCUT2D eigenvalue weighted by Gasteiger charge is -2.22. The molecule has 5 heteroatoms. The number of nitrogens with one attached hydrogen (secondary N) is 1. The van der Waals surface area contributed by atoms with Gasteiger partial charge in [-0.05, 0) is 27.9 Å². The van der Waals surface area contributed by atoms with Crippen LogP contribution in [0.25, 0.3) is 0 Å². The number of nitriles is 1. The van der Waals surface area contributed by atoms with Crippen molar-refractivity contribution in [3.05, 3.63) is 22.4 Å². The first-order valence-electron chi connectivity index (χ1n) is 5.54. The van der Waals surface area contributed by atoms with Crippen molar-refractivity contribution in [2.75, 3.05) is 13.1 Å². The maximum Gasteiger partial charge on any atom is 0.270 e. The van der Waals surface area contributed by atoms with E-state index in [1.54, 1.807) is 17.2 Å². The first kappa shape index (κ1) is 13.8. The number of aromatic nitrogens is 1. The van der Waals surface area contributed by atoms with E-state index in [9.17, 15) is 4.79 Å². The normalized spacial score (nSPS) is 10.3. The molecule has 0 aromatic carbocycles. The van der Waals surface area contributed by atoms with Gasteiger partial charge < -0.3 is 9.88 Å². The molecule has 1 heterocycles. The Hall–Kier alpha value is -1.28. The maximum absolute atomic E-state index is 12.2. The van der Waals surface area contributed by atoms with Crippen LogP contribution >= 0.6 is 15.9 Å². The van der Waals surface area contributed by atoms with Gasteiger partial charge in [-0.1, -0.05) is 13.8 Å². The molecule has 1 amide bonds. The summed E-state index contributed by atoms with van der Waals surface area (Å²) in [4.78, 5) is 16.8. The average Bonchev–Trinajstić information content (AvgIpc) is 2.69. The number of nitrogens with zero attached hydrogens (tertiary/aromatic N) is 2. The molecule has 0 saturated carbocycles. The summed E-state index contributed by atoms with van der Waals surface area (Å²) in [6.07, 6.45) is 2.09. The largest absolute Gasteiger partial charge is 0.356 e. The molecule has 0 aliphatic rings. The molecule has 0 unspecified atom stereocenters. The van der Waals surface area contributed by atoms with E-state index >= 15 is 0 Å². The summed E-state index contributed by atoms with van der Waals surface area (Å²) in [6.45, 7) is 5.25. The van der Waals surface area contributed by atoms with E-state index in [4.69, 9.17) is 5.26 Å². The molecule has 0 atom stereocenters. The van der Waals surface area contributed by atoms with Crippen LogP contribution in [0.1, 0.15) is 30.8 Å². The highest BCUT2D eigenvalue weighted by atomic mass is 79.9. The number of carbonyl (C=O) groups excluding carboxylic acids is 1. The zero-order valence-electron chi connectivity index (χ0n) is 10.0. The summed E-state index contributed by atoms with van der Waals surface area (Å²) < 4.78 is 0.852. The van der Waals surface area contributed by atoms with Crippen molar-refractivity contribution in [3.8, 4) is 6.07 Å². The summed E-state index contributed by atoms with van der Waals surface area (Å²) in [5.74, 6) is 0.329. The van der Waals surface area contributed by atoms with Gasteiger partial charge in [-0.3, -0.25) is 4.79 Å². The molecule has 1 rings (SSSR count). The van der Waals surface area contributed by atoms with Gasteiger partial charge in [0.05, 0.1) is 12.5 Å². The third-order valence-electron chi connectivity index (χ3n) is 2.24. The van der Waals surface area contributed by atoms with Crippen LogP contribution in [0.5, 0.6) is 0 Å². The summed E-state index contributed by atoms with van der Waals surface area (Å²) in [6, 6.07) is 3.82. The molecule has 0 bridgehead atoms. The molecule has 0 aliphatic carbocycles. The lowest BCUT2D eigenvalue weighted by atomic mass is 10.2. The van der Waals surface area contributed by atoms with E-state index in [1.807, 2.05) is 0 Å². The Bertz CT molecular complexity index is 420. The molecule has 0 saturated heterocycles. The predicted octanol–water partition coefficient (Wildman–Crippen LogP) is 2.79. The topological polar surface area (TPSA) is 59.9 Å².